The van der Waals surface area contributed by atoms with Gasteiger partial charge in [-0.15, -0.1) is 0 Å². The molecule has 0 radical (unpaired) electrons. The summed E-state index contributed by atoms with van der Waals surface area (Å²) in [5.41, 5.74) is 4.81. The second kappa shape index (κ2) is 4.31. The topological polar surface area (TPSA) is 40.0 Å². The molecule has 0 amide bonds. The number of hydrogen-bond donors (Lipinski definition) is 1. The minimum absolute atomic E-state index is 0.104. The first-order valence-corrected chi connectivity index (χ1v) is 9.09. The number of para-hydroxylation sites is 2. The van der Waals surface area contributed by atoms with Gasteiger partial charge in [-0.05, 0) is 36.1 Å². The Balaban J connectivity index is 1.81. The van der Waals surface area contributed by atoms with E-state index in [2.05, 4.69) is 65.8 Å². The molecular weight excluding hydrogens is 308 g/mol. The van der Waals surface area contributed by atoms with Gasteiger partial charge in [-0.25, -0.2) is 4.99 Å². The molecule has 0 spiro atoms. The molecule has 2 aromatic carbocycles. The lowest BCUT2D eigenvalue weighted by atomic mass is 9.47. The molecule has 4 bridgehead atoms. The molecule has 0 aromatic heterocycles. The lowest BCUT2D eigenvalue weighted by molar-refractivity contribution is 0.227. The quantitative estimate of drug-likeness (QED) is 0.804. The Morgan fingerprint density at radius 1 is 0.960 bits per heavy atom. The molecule has 6 rings (SSSR count). The zero-order chi connectivity index (χ0) is 16.6. The number of benzene rings is 2. The Labute approximate surface area is 147 Å². The summed E-state index contributed by atoms with van der Waals surface area (Å²) in [4.78, 5) is 12.6. The average molecular weight is 328 g/mol. The van der Waals surface area contributed by atoms with Crippen LogP contribution in [-0.4, -0.2) is 36.7 Å². The lowest BCUT2D eigenvalue weighted by Gasteiger charge is -2.63. The van der Waals surface area contributed by atoms with Crippen LogP contribution in [0, 0.1) is 0 Å². The van der Waals surface area contributed by atoms with Crippen LogP contribution in [0.25, 0.3) is 0 Å². The van der Waals surface area contributed by atoms with E-state index in [0.717, 1.165) is 37.5 Å². The normalized spacial score (nSPS) is 31.0. The van der Waals surface area contributed by atoms with Crippen molar-refractivity contribution in [3.05, 3.63) is 59.7 Å². The minimum Gasteiger partial charge on any atom is -0.362 e. The molecule has 124 valence electrons. The third-order valence-corrected chi connectivity index (χ3v) is 6.69. The maximum absolute atomic E-state index is 5.20. The van der Waals surface area contributed by atoms with Crippen LogP contribution < -0.4 is 5.32 Å². The van der Waals surface area contributed by atoms with Crippen molar-refractivity contribution in [1.29, 1.82) is 0 Å². The Hall–Kier alpha value is -2.62. The van der Waals surface area contributed by atoms with Crippen molar-refractivity contribution >= 4 is 23.0 Å². The smallest absolute Gasteiger partial charge is 0.117 e. The van der Waals surface area contributed by atoms with E-state index in [9.17, 15) is 0 Å². The van der Waals surface area contributed by atoms with Crippen molar-refractivity contribution in [3.8, 4) is 0 Å². The van der Waals surface area contributed by atoms with Gasteiger partial charge in [0.15, 0.2) is 0 Å². The standard InChI is InChI=1S/C21H20N4/c1-25-13-11-20-14-6-2-5-9-17(14)24-19(25)21(20)10-12-22-18(20)23-16-8-4-3-7-15(16)21/h2-9H,10-13H2,1H3,(H,22,23). The lowest BCUT2D eigenvalue weighted by Crippen LogP contribution is -2.72. The second-order valence-electron chi connectivity index (χ2n) is 7.59. The molecule has 0 saturated carbocycles. The van der Waals surface area contributed by atoms with Crippen LogP contribution in [-0.2, 0) is 10.8 Å². The van der Waals surface area contributed by atoms with Crippen LogP contribution >= 0.6 is 0 Å². The van der Waals surface area contributed by atoms with Crippen LogP contribution in [0.15, 0.2) is 58.5 Å². The third kappa shape index (κ3) is 1.34. The number of fused-ring (bicyclic) bond motifs is 2. The number of aliphatic imine (C=N–C) groups is 2. The Morgan fingerprint density at radius 2 is 1.76 bits per heavy atom. The van der Waals surface area contributed by atoms with E-state index in [0.29, 0.717) is 0 Å². The second-order valence-corrected chi connectivity index (χ2v) is 7.59. The summed E-state index contributed by atoms with van der Waals surface area (Å²) in [5.74, 6) is 2.37. The Kier molecular flexibility index (Phi) is 2.35. The van der Waals surface area contributed by atoms with Crippen LogP contribution in [0.3, 0.4) is 0 Å². The predicted molar refractivity (Wildman–Crippen MR) is 101 cm³/mol. The zero-order valence-electron chi connectivity index (χ0n) is 14.3. The molecule has 1 saturated heterocycles. The summed E-state index contributed by atoms with van der Waals surface area (Å²) in [6.07, 6.45) is 2.09. The summed E-state index contributed by atoms with van der Waals surface area (Å²) in [6.45, 7) is 1.87. The predicted octanol–water partition coefficient (Wildman–Crippen LogP) is 3.47. The van der Waals surface area contributed by atoms with E-state index < -0.39 is 0 Å². The van der Waals surface area contributed by atoms with Gasteiger partial charge in [-0.1, -0.05) is 36.4 Å². The van der Waals surface area contributed by atoms with Gasteiger partial charge in [-0.2, -0.15) is 0 Å². The molecule has 2 aromatic rings. The number of nitrogens with zero attached hydrogens (tertiary/aromatic N) is 3. The Morgan fingerprint density at radius 3 is 2.68 bits per heavy atom. The van der Waals surface area contributed by atoms with Crippen LogP contribution in [0.4, 0.5) is 11.4 Å². The molecule has 1 fully saturated rings. The van der Waals surface area contributed by atoms with E-state index in [-0.39, 0.29) is 10.8 Å². The highest BCUT2D eigenvalue weighted by atomic mass is 15.2. The fourth-order valence-electron chi connectivity index (χ4n) is 5.73. The largest absolute Gasteiger partial charge is 0.362 e. The molecule has 25 heavy (non-hydrogen) atoms. The highest BCUT2D eigenvalue weighted by molar-refractivity contribution is 6.18. The summed E-state index contributed by atoms with van der Waals surface area (Å²) in [6, 6.07) is 17.4. The van der Waals surface area contributed by atoms with Gasteiger partial charge in [0.1, 0.15) is 11.7 Å². The third-order valence-electron chi connectivity index (χ3n) is 6.69. The number of likely N-dealkylation sites (N-methyl/N-ethyl adjacent to an activating group) is 1. The van der Waals surface area contributed by atoms with Crippen molar-refractivity contribution in [3.63, 3.8) is 0 Å². The molecule has 0 aliphatic carbocycles. The molecule has 4 nitrogen and oxygen atoms in total. The van der Waals surface area contributed by atoms with Crippen LogP contribution in [0.2, 0.25) is 0 Å². The first kappa shape index (κ1) is 13.6. The number of piperidine rings is 1. The summed E-state index contributed by atoms with van der Waals surface area (Å²) >= 11 is 0. The van der Waals surface area contributed by atoms with E-state index in [1.165, 1.54) is 22.6 Å². The number of nitrogens with one attached hydrogen (secondary N) is 1. The molecule has 1 N–H and O–H groups in total. The fourth-order valence-corrected chi connectivity index (χ4v) is 5.73. The SMILES string of the molecule is CN1CCC23C4=NCCC2(C1=Nc1ccccc13)c1ccccc1N4. The van der Waals surface area contributed by atoms with E-state index in [1.54, 1.807) is 0 Å². The molecule has 4 aliphatic heterocycles. The molecule has 2 atom stereocenters. The number of hydrogen-bond acceptors (Lipinski definition) is 4. The van der Waals surface area contributed by atoms with Gasteiger partial charge in [0.25, 0.3) is 0 Å². The number of anilines is 1. The monoisotopic (exact) mass is 328 g/mol. The first-order chi connectivity index (χ1) is 12.3. The van der Waals surface area contributed by atoms with Gasteiger partial charge in [0.2, 0.25) is 0 Å². The number of likely N-dealkylation sites (tertiary alicyclic amines) is 1. The Bertz CT molecular complexity index is 975. The first-order valence-electron chi connectivity index (χ1n) is 9.09. The summed E-state index contributed by atoms with van der Waals surface area (Å²) in [7, 11) is 2.20. The van der Waals surface area contributed by atoms with Crippen LogP contribution in [0.1, 0.15) is 24.0 Å². The number of amidine groups is 2. The zero-order valence-corrected chi connectivity index (χ0v) is 14.3. The van der Waals surface area contributed by atoms with Gasteiger partial charge < -0.3 is 10.2 Å². The highest BCUT2D eigenvalue weighted by Gasteiger charge is 2.67. The summed E-state index contributed by atoms with van der Waals surface area (Å²) < 4.78 is 0. The van der Waals surface area contributed by atoms with Gasteiger partial charge >= 0.3 is 0 Å². The van der Waals surface area contributed by atoms with E-state index >= 15 is 0 Å². The van der Waals surface area contributed by atoms with Crippen molar-refractivity contribution in [2.45, 2.75) is 23.7 Å². The maximum Gasteiger partial charge on any atom is 0.117 e. The van der Waals surface area contributed by atoms with Gasteiger partial charge in [-0.3, -0.25) is 4.99 Å². The average Bonchev–Trinajstić information content (AvgIpc) is 2.64. The highest BCUT2D eigenvalue weighted by Crippen LogP contribution is 2.62. The van der Waals surface area contributed by atoms with Crippen molar-refractivity contribution in [2.75, 3.05) is 25.5 Å². The molecule has 4 heterocycles. The van der Waals surface area contributed by atoms with Crippen LogP contribution in [0.5, 0.6) is 0 Å². The van der Waals surface area contributed by atoms with E-state index in [4.69, 9.17) is 9.98 Å². The van der Waals surface area contributed by atoms with E-state index in [1.807, 2.05) is 0 Å². The maximum atomic E-state index is 5.20. The van der Waals surface area contributed by atoms with Crippen molar-refractivity contribution in [1.82, 2.24) is 4.90 Å². The minimum atomic E-state index is -0.111. The van der Waals surface area contributed by atoms with Crippen molar-refractivity contribution in [2.24, 2.45) is 9.98 Å². The number of rotatable bonds is 0. The van der Waals surface area contributed by atoms with Gasteiger partial charge in [0, 0.05) is 25.8 Å². The van der Waals surface area contributed by atoms with Gasteiger partial charge in [0.05, 0.1) is 16.5 Å². The molecule has 2 unspecified atom stereocenters. The molecular formula is C21H20N4. The fraction of sp³-hybridized carbons (Fsp3) is 0.333. The summed E-state index contributed by atoms with van der Waals surface area (Å²) in [5, 5.41) is 3.70. The molecule has 4 aliphatic rings. The van der Waals surface area contributed by atoms with Crippen molar-refractivity contribution < 1.29 is 0 Å². The molecule has 4 heteroatoms.